The molecule has 1 unspecified atom stereocenters. The van der Waals surface area contributed by atoms with E-state index in [1.165, 1.54) is 34.0 Å². The largest absolute Gasteiger partial charge is 0.467 e. The summed E-state index contributed by atoms with van der Waals surface area (Å²) in [7, 11) is 0. The first-order chi connectivity index (χ1) is 15.2. The van der Waals surface area contributed by atoms with Gasteiger partial charge in [0.15, 0.2) is 10.8 Å². The summed E-state index contributed by atoms with van der Waals surface area (Å²) < 4.78 is 7.39. The average molecular weight is 454 g/mol. The third kappa shape index (κ3) is 3.53. The van der Waals surface area contributed by atoms with Crippen LogP contribution in [-0.4, -0.2) is 31.2 Å². The number of amides is 1. The van der Waals surface area contributed by atoms with Crippen LogP contribution in [0.1, 0.15) is 54.1 Å². The highest BCUT2D eigenvalue weighted by atomic mass is 32.2. The van der Waals surface area contributed by atoms with Gasteiger partial charge < -0.3 is 9.73 Å². The van der Waals surface area contributed by atoms with Gasteiger partial charge in [-0.05, 0) is 55.7 Å². The highest BCUT2D eigenvalue weighted by Gasteiger charge is 2.32. The molecule has 0 saturated heterocycles. The molecule has 4 aromatic heterocycles. The van der Waals surface area contributed by atoms with Crippen LogP contribution in [0.3, 0.4) is 0 Å². The van der Waals surface area contributed by atoms with Crippen LogP contribution in [0.25, 0.3) is 15.9 Å². The van der Waals surface area contributed by atoms with Gasteiger partial charge in [0.1, 0.15) is 16.4 Å². The Kier molecular flexibility index (Phi) is 4.75. The van der Waals surface area contributed by atoms with Crippen LogP contribution in [0.4, 0.5) is 0 Å². The van der Waals surface area contributed by atoms with Crippen molar-refractivity contribution in [3.63, 3.8) is 0 Å². The zero-order valence-corrected chi connectivity index (χ0v) is 18.9. The quantitative estimate of drug-likeness (QED) is 0.437. The molecular formula is C22H23N5O2S2. The molecule has 4 aromatic rings. The first-order valence-corrected chi connectivity index (χ1v) is 12.6. The number of fused-ring (bicyclic) bond motifs is 5. The summed E-state index contributed by atoms with van der Waals surface area (Å²) in [6.07, 6.45) is 7.34. The third-order valence-electron chi connectivity index (χ3n) is 6.11. The molecule has 0 aromatic carbocycles. The van der Waals surface area contributed by atoms with E-state index < -0.39 is 0 Å². The van der Waals surface area contributed by atoms with Crippen molar-refractivity contribution in [1.82, 2.24) is 24.9 Å². The first-order valence-electron chi connectivity index (χ1n) is 10.8. The van der Waals surface area contributed by atoms with E-state index in [0.29, 0.717) is 12.5 Å². The highest BCUT2D eigenvalue weighted by molar-refractivity contribution is 7.99. The number of aryl methyl sites for hydroxylation is 1. The SMILES string of the molecule is CC1CCc2c(sc3nc(C4CC4)n4c(SCC(=O)NCc5ccco5)nnc4c23)C1. The molecule has 1 atom stereocenters. The van der Waals surface area contributed by atoms with Gasteiger partial charge in [-0.2, -0.15) is 0 Å². The maximum Gasteiger partial charge on any atom is 0.230 e. The summed E-state index contributed by atoms with van der Waals surface area (Å²) >= 11 is 3.26. The Balaban J connectivity index is 1.32. The second kappa shape index (κ2) is 7.63. The Hall–Kier alpha value is -2.39. The van der Waals surface area contributed by atoms with Crippen LogP contribution >= 0.6 is 23.1 Å². The number of hydrogen-bond acceptors (Lipinski definition) is 7. The molecule has 160 valence electrons. The Morgan fingerprint density at radius 1 is 1.35 bits per heavy atom. The smallest absolute Gasteiger partial charge is 0.230 e. The average Bonchev–Trinajstić information content (AvgIpc) is 3.16. The summed E-state index contributed by atoms with van der Waals surface area (Å²) in [5.74, 6) is 3.21. The number of hydrogen-bond donors (Lipinski definition) is 1. The minimum absolute atomic E-state index is 0.0536. The molecule has 0 aliphatic heterocycles. The maximum atomic E-state index is 12.3. The summed E-state index contributed by atoms with van der Waals surface area (Å²) in [5, 5.41) is 13.9. The fourth-order valence-corrected chi connectivity index (χ4v) is 6.48. The summed E-state index contributed by atoms with van der Waals surface area (Å²) in [5.41, 5.74) is 2.33. The molecular weight excluding hydrogens is 430 g/mol. The van der Waals surface area contributed by atoms with Gasteiger partial charge in [0.2, 0.25) is 5.91 Å². The van der Waals surface area contributed by atoms with Crippen LogP contribution in [0.2, 0.25) is 0 Å². The van der Waals surface area contributed by atoms with Gasteiger partial charge in [-0.3, -0.25) is 9.20 Å². The molecule has 0 radical (unpaired) electrons. The molecule has 0 bridgehead atoms. The van der Waals surface area contributed by atoms with Gasteiger partial charge in [-0.1, -0.05) is 18.7 Å². The van der Waals surface area contributed by atoms with Crippen LogP contribution < -0.4 is 5.32 Å². The predicted octanol–water partition coefficient (Wildman–Crippen LogP) is 4.34. The Bertz CT molecular complexity index is 1270. The van der Waals surface area contributed by atoms with E-state index in [-0.39, 0.29) is 11.7 Å². The van der Waals surface area contributed by atoms with Crippen molar-refractivity contribution in [3.05, 3.63) is 40.4 Å². The molecule has 7 nitrogen and oxygen atoms in total. The number of furan rings is 1. The minimum atomic E-state index is -0.0536. The van der Waals surface area contributed by atoms with Gasteiger partial charge in [0, 0.05) is 10.8 Å². The van der Waals surface area contributed by atoms with Gasteiger partial charge in [-0.25, -0.2) is 4.98 Å². The van der Waals surface area contributed by atoms with E-state index >= 15 is 0 Å². The predicted molar refractivity (Wildman–Crippen MR) is 121 cm³/mol. The lowest BCUT2D eigenvalue weighted by Crippen LogP contribution is -2.24. The van der Waals surface area contributed by atoms with Crippen molar-refractivity contribution in [2.45, 2.75) is 56.6 Å². The molecule has 1 fully saturated rings. The maximum absolute atomic E-state index is 12.3. The van der Waals surface area contributed by atoms with Crippen LogP contribution in [0.15, 0.2) is 28.0 Å². The lowest BCUT2D eigenvalue weighted by molar-refractivity contribution is -0.118. The van der Waals surface area contributed by atoms with E-state index in [4.69, 9.17) is 9.40 Å². The molecule has 4 heterocycles. The molecule has 2 aliphatic rings. The summed E-state index contributed by atoms with van der Waals surface area (Å²) in [6, 6.07) is 3.66. The second-order valence-corrected chi connectivity index (χ2v) is 10.6. The lowest BCUT2D eigenvalue weighted by atomic mass is 9.89. The third-order valence-corrected chi connectivity index (χ3v) is 8.19. The standard InChI is InChI=1S/C22H23N5O2S2/c1-12-4-7-15-16(9-12)31-21-18(15)20-25-26-22(27(20)19(24-21)13-5-6-13)30-11-17(28)23-10-14-3-2-8-29-14/h2-3,8,12-13H,4-7,9-11H2,1H3,(H,23,28). The summed E-state index contributed by atoms with van der Waals surface area (Å²) in [4.78, 5) is 20.0. The first kappa shape index (κ1) is 19.3. The van der Waals surface area contributed by atoms with Crippen molar-refractivity contribution in [3.8, 4) is 0 Å². The van der Waals surface area contributed by atoms with Crippen molar-refractivity contribution in [2.24, 2.45) is 5.92 Å². The lowest BCUT2D eigenvalue weighted by Gasteiger charge is -2.17. The van der Waals surface area contributed by atoms with E-state index in [1.54, 1.807) is 6.26 Å². The number of nitrogens with zero attached hydrogens (tertiary/aromatic N) is 4. The van der Waals surface area contributed by atoms with Gasteiger partial charge >= 0.3 is 0 Å². The summed E-state index contributed by atoms with van der Waals surface area (Å²) in [6.45, 7) is 2.72. The van der Waals surface area contributed by atoms with E-state index in [1.807, 2.05) is 23.5 Å². The number of aromatic nitrogens is 4. The topological polar surface area (TPSA) is 85.3 Å². The Labute approximate surface area is 187 Å². The molecule has 1 amide bonds. The van der Waals surface area contributed by atoms with Crippen molar-refractivity contribution < 1.29 is 9.21 Å². The molecule has 0 spiro atoms. The molecule has 6 rings (SSSR count). The molecule has 2 aliphatic carbocycles. The monoisotopic (exact) mass is 453 g/mol. The fourth-order valence-electron chi connectivity index (χ4n) is 4.33. The molecule has 31 heavy (non-hydrogen) atoms. The zero-order valence-electron chi connectivity index (χ0n) is 17.3. The highest BCUT2D eigenvalue weighted by Crippen LogP contribution is 2.44. The van der Waals surface area contributed by atoms with E-state index in [0.717, 1.165) is 58.8 Å². The second-order valence-electron chi connectivity index (χ2n) is 8.56. The Morgan fingerprint density at radius 3 is 3.06 bits per heavy atom. The fraction of sp³-hybridized carbons (Fsp3) is 0.455. The Morgan fingerprint density at radius 2 is 2.26 bits per heavy atom. The number of carbonyl (C=O) groups is 1. The number of rotatable bonds is 6. The van der Waals surface area contributed by atoms with E-state index in [9.17, 15) is 4.79 Å². The normalized spacial score (nSPS) is 18.5. The number of nitrogens with one attached hydrogen (secondary N) is 1. The van der Waals surface area contributed by atoms with Crippen LogP contribution in [-0.2, 0) is 24.2 Å². The van der Waals surface area contributed by atoms with Gasteiger partial charge in [0.25, 0.3) is 0 Å². The van der Waals surface area contributed by atoms with Gasteiger partial charge in [-0.15, -0.1) is 21.5 Å². The van der Waals surface area contributed by atoms with E-state index in [2.05, 4.69) is 26.8 Å². The zero-order chi connectivity index (χ0) is 20.9. The number of carbonyl (C=O) groups excluding carboxylic acids is 1. The van der Waals surface area contributed by atoms with Gasteiger partial charge in [0.05, 0.1) is 23.9 Å². The molecule has 9 heteroatoms. The van der Waals surface area contributed by atoms with Crippen LogP contribution in [0, 0.1) is 5.92 Å². The van der Waals surface area contributed by atoms with Crippen molar-refractivity contribution in [2.75, 3.05) is 5.75 Å². The molecule has 1 N–H and O–H groups in total. The minimum Gasteiger partial charge on any atom is -0.467 e. The number of thioether (sulfide) groups is 1. The number of thiophene rings is 1. The van der Waals surface area contributed by atoms with Crippen molar-refractivity contribution >= 4 is 44.9 Å². The molecule has 1 saturated carbocycles. The van der Waals surface area contributed by atoms with Crippen molar-refractivity contribution in [1.29, 1.82) is 0 Å². The van der Waals surface area contributed by atoms with Crippen LogP contribution in [0.5, 0.6) is 0 Å².